The van der Waals surface area contributed by atoms with Crippen molar-refractivity contribution in [3.63, 3.8) is 0 Å². The zero-order valence-corrected chi connectivity index (χ0v) is 16.4. The highest BCUT2D eigenvalue weighted by atomic mass is 32.2. The number of methoxy groups -OCH3 is 1. The van der Waals surface area contributed by atoms with Crippen molar-refractivity contribution in [1.29, 1.82) is 0 Å². The van der Waals surface area contributed by atoms with Gasteiger partial charge in [0.25, 0.3) is 5.91 Å². The number of piperazine rings is 1. The molecule has 3 rings (SSSR count). The largest absolute Gasteiger partial charge is 0.468 e. The lowest BCUT2D eigenvalue weighted by atomic mass is 10.1. The Morgan fingerprint density at radius 3 is 2.65 bits per heavy atom. The molecule has 6 nitrogen and oxygen atoms in total. The van der Waals surface area contributed by atoms with E-state index in [1.165, 1.54) is 23.3 Å². The van der Waals surface area contributed by atoms with Gasteiger partial charge in [-0.05, 0) is 18.6 Å². The van der Waals surface area contributed by atoms with Crippen molar-refractivity contribution < 1.29 is 19.2 Å². The summed E-state index contributed by atoms with van der Waals surface area (Å²) in [7, 11) is 1.40. The highest BCUT2D eigenvalue weighted by Gasteiger charge is 2.32. The number of hydrogen-bond donors (Lipinski definition) is 1. The number of para-hydroxylation sites is 1. The van der Waals surface area contributed by atoms with Gasteiger partial charge in [-0.15, -0.1) is 11.8 Å². The van der Waals surface area contributed by atoms with E-state index in [2.05, 4.69) is 36.1 Å². The van der Waals surface area contributed by atoms with E-state index < -0.39 is 0 Å². The van der Waals surface area contributed by atoms with E-state index in [-0.39, 0.29) is 17.1 Å². The van der Waals surface area contributed by atoms with Crippen LogP contribution < -0.4 is 9.80 Å². The van der Waals surface area contributed by atoms with Gasteiger partial charge in [0.15, 0.2) is 6.54 Å². The zero-order valence-electron chi connectivity index (χ0n) is 15.6. The number of amides is 1. The SMILES string of the molecule is COC(=O)[C@@H]1CN(C(=O)C[NH+]2CCN(c3ccccc3C)CC2)CCS1. The van der Waals surface area contributed by atoms with Gasteiger partial charge < -0.3 is 19.4 Å². The van der Waals surface area contributed by atoms with Gasteiger partial charge in [0.1, 0.15) is 5.25 Å². The summed E-state index contributed by atoms with van der Waals surface area (Å²) in [4.78, 5) is 30.0. The van der Waals surface area contributed by atoms with Crippen LogP contribution in [0.5, 0.6) is 0 Å². The van der Waals surface area contributed by atoms with Crippen molar-refractivity contribution in [3.8, 4) is 0 Å². The molecule has 0 bridgehead atoms. The van der Waals surface area contributed by atoms with Gasteiger partial charge in [0, 0.05) is 24.5 Å². The number of benzene rings is 1. The van der Waals surface area contributed by atoms with Gasteiger partial charge in [0.2, 0.25) is 0 Å². The first-order chi connectivity index (χ1) is 12.6. The number of thioether (sulfide) groups is 1. The molecule has 0 aliphatic carbocycles. The Bertz CT molecular complexity index is 647. The minimum absolute atomic E-state index is 0.151. The fourth-order valence-corrected chi connectivity index (χ4v) is 4.76. The second-order valence-corrected chi connectivity index (χ2v) is 8.23. The first-order valence-electron chi connectivity index (χ1n) is 9.20. The van der Waals surface area contributed by atoms with E-state index in [0.29, 0.717) is 13.1 Å². The summed E-state index contributed by atoms with van der Waals surface area (Å²) < 4.78 is 4.82. The van der Waals surface area contributed by atoms with Crippen molar-refractivity contribution in [3.05, 3.63) is 29.8 Å². The number of carbonyl (C=O) groups is 2. The van der Waals surface area contributed by atoms with E-state index in [1.807, 2.05) is 4.90 Å². The van der Waals surface area contributed by atoms with Crippen molar-refractivity contribution >= 4 is 29.3 Å². The third-order valence-corrected chi connectivity index (χ3v) is 6.37. The van der Waals surface area contributed by atoms with Crippen LogP contribution in [0, 0.1) is 6.92 Å². The van der Waals surface area contributed by atoms with Gasteiger partial charge in [-0.3, -0.25) is 9.59 Å². The van der Waals surface area contributed by atoms with Crippen LogP contribution in [0.1, 0.15) is 5.56 Å². The number of rotatable bonds is 4. The normalized spacial score (nSPS) is 21.5. The van der Waals surface area contributed by atoms with E-state index in [4.69, 9.17) is 4.74 Å². The Balaban J connectivity index is 1.49. The number of esters is 1. The molecule has 2 fully saturated rings. The maximum Gasteiger partial charge on any atom is 0.320 e. The molecule has 1 aromatic rings. The molecule has 1 aromatic carbocycles. The number of quaternary nitrogens is 1. The summed E-state index contributed by atoms with van der Waals surface area (Å²) >= 11 is 1.58. The molecule has 0 aromatic heterocycles. The third kappa shape index (κ3) is 4.51. The average molecular weight is 379 g/mol. The van der Waals surface area contributed by atoms with Gasteiger partial charge in [-0.2, -0.15) is 0 Å². The van der Waals surface area contributed by atoms with Gasteiger partial charge in [-0.25, -0.2) is 0 Å². The third-order valence-electron chi connectivity index (χ3n) is 5.21. The highest BCUT2D eigenvalue weighted by molar-refractivity contribution is 8.00. The first-order valence-corrected chi connectivity index (χ1v) is 10.2. The lowest BCUT2D eigenvalue weighted by Gasteiger charge is -2.36. The van der Waals surface area contributed by atoms with Crippen LogP contribution >= 0.6 is 11.8 Å². The Hall–Kier alpha value is -1.73. The molecule has 0 radical (unpaired) electrons. The lowest BCUT2D eigenvalue weighted by Crippen LogP contribution is -3.16. The molecule has 26 heavy (non-hydrogen) atoms. The molecule has 142 valence electrons. The minimum atomic E-state index is -0.245. The predicted octanol–water partition coefficient (Wildman–Crippen LogP) is -0.183. The summed E-state index contributed by atoms with van der Waals surface area (Å²) in [6, 6.07) is 8.46. The van der Waals surface area contributed by atoms with Crippen LogP contribution in [0.3, 0.4) is 0 Å². The molecule has 0 saturated carbocycles. The molecule has 0 unspecified atom stereocenters. The summed E-state index contributed by atoms with van der Waals surface area (Å²) in [5, 5.41) is -0.245. The fourth-order valence-electron chi connectivity index (χ4n) is 3.63. The molecule has 2 aliphatic heterocycles. The molecule has 2 saturated heterocycles. The van der Waals surface area contributed by atoms with Crippen molar-refractivity contribution in [1.82, 2.24) is 4.90 Å². The van der Waals surface area contributed by atoms with Crippen LogP contribution in [-0.2, 0) is 14.3 Å². The predicted molar refractivity (Wildman–Crippen MR) is 104 cm³/mol. The number of aryl methyl sites for hydroxylation is 1. The average Bonchev–Trinajstić information content (AvgIpc) is 2.68. The second kappa shape index (κ2) is 8.77. The summed E-state index contributed by atoms with van der Waals surface area (Å²) in [5.74, 6) is 0.715. The topological polar surface area (TPSA) is 54.3 Å². The molecular weight excluding hydrogens is 350 g/mol. The number of ether oxygens (including phenoxy) is 1. The number of nitrogens with one attached hydrogen (secondary N) is 1. The smallest absolute Gasteiger partial charge is 0.320 e. The molecule has 2 heterocycles. The van der Waals surface area contributed by atoms with E-state index >= 15 is 0 Å². The summed E-state index contributed by atoms with van der Waals surface area (Å²) in [6.07, 6.45) is 0. The van der Waals surface area contributed by atoms with Crippen LogP contribution in [0.25, 0.3) is 0 Å². The molecule has 7 heteroatoms. The quantitative estimate of drug-likeness (QED) is 0.737. The van der Waals surface area contributed by atoms with Crippen LogP contribution in [0.2, 0.25) is 0 Å². The van der Waals surface area contributed by atoms with E-state index in [0.717, 1.165) is 38.5 Å². The van der Waals surface area contributed by atoms with E-state index in [1.54, 1.807) is 11.8 Å². The van der Waals surface area contributed by atoms with Gasteiger partial charge >= 0.3 is 5.97 Å². The number of hydrogen-bond acceptors (Lipinski definition) is 5. The molecular formula is C19H28N3O3S+. The minimum Gasteiger partial charge on any atom is -0.468 e. The second-order valence-electron chi connectivity index (χ2n) is 6.92. The van der Waals surface area contributed by atoms with Crippen molar-refractivity contribution in [2.24, 2.45) is 0 Å². The number of anilines is 1. The molecule has 1 N–H and O–H groups in total. The zero-order chi connectivity index (χ0) is 18.5. The van der Waals surface area contributed by atoms with Gasteiger partial charge in [-0.1, -0.05) is 18.2 Å². The van der Waals surface area contributed by atoms with Crippen LogP contribution in [0.4, 0.5) is 5.69 Å². The molecule has 1 amide bonds. The lowest BCUT2D eigenvalue weighted by molar-refractivity contribution is -0.892. The Labute approximate surface area is 159 Å². The molecule has 1 atom stereocenters. The van der Waals surface area contributed by atoms with Gasteiger partial charge in [0.05, 0.1) is 33.3 Å². The summed E-state index contributed by atoms with van der Waals surface area (Å²) in [5.41, 5.74) is 2.60. The maximum absolute atomic E-state index is 12.7. The number of carbonyl (C=O) groups excluding carboxylic acids is 2. The fraction of sp³-hybridized carbons (Fsp3) is 0.579. The molecule has 0 spiro atoms. The van der Waals surface area contributed by atoms with E-state index in [9.17, 15) is 9.59 Å². The first kappa shape index (κ1) is 19.0. The monoisotopic (exact) mass is 378 g/mol. The molecule has 2 aliphatic rings. The van der Waals surface area contributed by atoms with Crippen LogP contribution in [0.15, 0.2) is 24.3 Å². The summed E-state index contributed by atoms with van der Waals surface area (Å²) in [6.45, 7) is 7.71. The van der Waals surface area contributed by atoms with Crippen molar-refractivity contribution in [2.45, 2.75) is 12.2 Å². The standard InChI is InChI=1S/C19H27N3O3S/c1-15-5-3-4-6-16(15)21-9-7-20(8-10-21)14-18(23)22-11-12-26-17(13-22)19(24)25-2/h3-6,17H,7-14H2,1-2H3/p+1/t17-/m0/s1. The Morgan fingerprint density at radius 2 is 1.96 bits per heavy atom. The Morgan fingerprint density at radius 1 is 1.23 bits per heavy atom. The number of nitrogens with zero attached hydrogens (tertiary/aromatic N) is 2. The maximum atomic E-state index is 12.7. The van der Waals surface area contributed by atoms with Crippen LogP contribution in [-0.4, -0.2) is 80.7 Å². The Kier molecular flexibility index (Phi) is 6.43. The van der Waals surface area contributed by atoms with Crippen molar-refractivity contribution in [2.75, 3.05) is 63.6 Å². The highest BCUT2D eigenvalue weighted by Crippen LogP contribution is 2.20.